The smallest absolute Gasteiger partial charge is 0.264 e. The van der Waals surface area contributed by atoms with Crippen molar-refractivity contribution >= 4 is 33.1 Å². The van der Waals surface area contributed by atoms with E-state index in [4.69, 9.17) is 4.74 Å². The number of nitrogens with one attached hydrogen (secondary N) is 1. The summed E-state index contributed by atoms with van der Waals surface area (Å²) < 4.78 is 5.70. The number of hydrogen-bond donors (Lipinski definition) is 1. The summed E-state index contributed by atoms with van der Waals surface area (Å²) in [7, 11) is 0. The fraction of sp³-hybridized carbons (Fsp3) is 0.458. The van der Waals surface area contributed by atoms with Crippen LogP contribution in [0.2, 0.25) is 0 Å². The second-order valence-corrected chi connectivity index (χ2v) is 10.4. The average Bonchev–Trinajstić information content (AvgIpc) is 3.20. The maximum Gasteiger partial charge on any atom is 0.264 e. The van der Waals surface area contributed by atoms with Crippen LogP contribution in [0.25, 0.3) is 10.8 Å². The van der Waals surface area contributed by atoms with Gasteiger partial charge in [-0.1, -0.05) is 41.7 Å². The Hall–Kier alpha value is -2.47. The first kappa shape index (κ1) is 18.3. The number of carbonyl (C=O) groups excluding carboxylic acids is 1. The minimum Gasteiger partial charge on any atom is -0.484 e. The Morgan fingerprint density at radius 2 is 1.70 bits per heavy atom. The topological polar surface area (TPSA) is 64.1 Å². The molecule has 30 heavy (non-hydrogen) atoms. The van der Waals surface area contributed by atoms with Gasteiger partial charge in [-0.15, -0.1) is 10.2 Å². The minimum absolute atomic E-state index is 0.0371. The van der Waals surface area contributed by atoms with E-state index in [1.807, 2.05) is 36.4 Å². The van der Waals surface area contributed by atoms with Crippen LogP contribution in [0.15, 0.2) is 42.5 Å². The highest BCUT2D eigenvalue weighted by atomic mass is 32.1. The number of amides is 1. The van der Waals surface area contributed by atoms with E-state index in [0.717, 1.165) is 33.5 Å². The van der Waals surface area contributed by atoms with Gasteiger partial charge in [-0.05, 0) is 79.2 Å². The molecule has 7 rings (SSSR count). The number of anilines is 1. The molecule has 3 aromatic rings. The Morgan fingerprint density at radius 1 is 1.00 bits per heavy atom. The maximum atomic E-state index is 12.4. The van der Waals surface area contributed by atoms with Gasteiger partial charge in [-0.3, -0.25) is 10.1 Å². The number of aromatic nitrogens is 2. The summed E-state index contributed by atoms with van der Waals surface area (Å²) in [5.41, 5.74) is 0.219. The number of carbonyl (C=O) groups is 1. The molecule has 4 bridgehead atoms. The summed E-state index contributed by atoms with van der Waals surface area (Å²) in [6.07, 6.45) is 8.00. The SMILES string of the molecule is O=C(COc1ccc2ccccc2c1)Nc1nnc(C23CC4CC(CC(C4)C2)C3)s1. The van der Waals surface area contributed by atoms with Gasteiger partial charge in [0.05, 0.1) is 0 Å². The predicted molar refractivity (Wildman–Crippen MR) is 118 cm³/mol. The Balaban J connectivity index is 1.10. The molecule has 2 aromatic carbocycles. The lowest BCUT2D eigenvalue weighted by molar-refractivity contribution is -0.118. The van der Waals surface area contributed by atoms with Crippen LogP contribution in [0.4, 0.5) is 5.13 Å². The van der Waals surface area contributed by atoms with Gasteiger partial charge >= 0.3 is 0 Å². The summed E-state index contributed by atoms with van der Waals surface area (Å²) in [6.45, 7) is -0.0371. The second-order valence-electron chi connectivity index (χ2n) is 9.46. The van der Waals surface area contributed by atoms with Gasteiger partial charge in [0.25, 0.3) is 5.91 Å². The van der Waals surface area contributed by atoms with Crippen LogP contribution < -0.4 is 10.1 Å². The molecule has 1 aromatic heterocycles. The molecule has 0 spiro atoms. The fourth-order valence-electron chi connectivity index (χ4n) is 6.42. The van der Waals surface area contributed by atoms with Crippen molar-refractivity contribution < 1.29 is 9.53 Å². The van der Waals surface area contributed by atoms with Gasteiger partial charge in [0.2, 0.25) is 5.13 Å². The largest absolute Gasteiger partial charge is 0.484 e. The molecule has 4 aliphatic rings. The lowest BCUT2D eigenvalue weighted by Crippen LogP contribution is -2.48. The molecule has 4 aliphatic carbocycles. The normalized spacial score (nSPS) is 29.3. The van der Waals surface area contributed by atoms with Gasteiger partial charge < -0.3 is 4.74 Å². The third kappa shape index (κ3) is 3.27. The molecule has 6 heteroatoms. The molecule has 0 radical (unpaired) electrons. The number of ether oxygens (including phenoxy) is 1. The van der Waals surface area contributed by atoms with Gasteiger partial charge in [-0.25, -0.2) is 0 Å². The van der Waals surface area contributed by atoms with Crippen LogP contribution in [0, 0.1) is 17.8 Å². The van der Waals surface area contributed by atoms with Gasteiger partial charge in [0.1, 0.15) is 10.8 Å². The number of rotatable bonds is 5. The lowest BCUT2D eigenvalue weighted by Gasteiger charge is -2.55. The van der Waals surface area contributed by atoms with Gasteiger partial charge in [0, 0.05) is 5.41 Å². The van der Waals surface area contributed by atoms with E-state index in [9.17, 15) is 4.79 Å². The maximum absolute atomic E-state index is 12.4. The monoisotopic (exact) mass is 419 g/mol. The summed E-state index contributed by atoms with van der Waals surface area (Å²) in [6, 6.07) is 14.0. The molecule has 5 nitrogen and oxygen atoms in total. The Labute approximate surface area is 179 Å². The Kier molecular flexibility index (Phi) is 4.30. The summed E-state index contributed by atoms with van der Waals surface area (Å²) in [5, 5.41) is 15.7. The molecule has 0 saturated heterocycles. The van der Waals surface area contributed by atoms with Crippen molar-refractivity contribution in [1.29, 1.82) is 0 Å². The molecule has 1 amide bonds. The highest BCUT2D eigenvalue weighted by molar-refractivity contribution is 7.15. The van der Waals surface area contributed by atoms with Crippen LogP contribution in [-0.2, 0) is 10.2 Å². The van der Waals surface area contributed by atoms with E-state index in [0.29, 0.717) is 10.9 Å². The van der Waals surface area contributed by atoms with Crippen molar-refractivity contribution in [3.05, 3.63) is 47.5 Å². The predicted octanol–water partition coefficient (Wildman–Crippen LogP) is 5.18. The van der Waals surface area contributed by atoms with Crippen molar-refractivity contribution in [2.45, 2.75) is 43.9 Å². The average molecular weight is 420 g/mol. The number of hydrogen-bond acceptors (Lipinski definition) is 5. The highest BCUT2D eigenvalue weighted by Gasteiger charge is 2.53. The third-order valence-electron chi connectivity index (χ3n) is 7.25. The molecule has 4 fully saturated rings. The van der Waals surface area contributed by atoms with Crippen molar-refractivity contribution in [2.24, 2.45) is 17.8 Å². The zero-order chi connectivity index (χ0) is 20.1. The van der Waals surface area contributed by atoms with E-state index in [1.165, 1.54) is 38.5 Å². The van der Waals surface area contributed by atoms with Crippen molar-refractivity contribution in [1.82, 2.24) is 10.2 Å². The highest BCUT2D eigenvalue weighted by Crippen LogP contribution is 2.61. The zero-order valence-corrected chi connectivity index (χ0v) is 17.7. The first-order valence-electron chi connectivity index (χ1n) is 10.9. The van der Waals surface area contributed by atoms with E-state index < -0.39 is 0 Å². The van der Waals surface area contributed by atoms with Crippen LogP contribution in [0.3, 0.4) is 0 Å². The van der Waals surface area contributed by atoms with Gasteiger partial charge in [0.15, 0.2) is 6.61 Å². The molecule has 154 valence electrons. The van der Waals surface area contributed by atoms with Gasteiger partial charge in [-0.2, -0.15) is 0 Å². The number of fused-ring (bicyclic) bond motifs is 1. The first-order chi connectivity index (χ1) is 14.6. The molecule has 4 saturated carbocycles. The van der Waals surface area contributed by atoms with Crippen LogP contribution in [0.1, 0.15) is 43.5 Å². The third-order valence-corrected chi connectivity index (χ3v) is 8.34. The number of benzene rings is 2. The standard InChI is InChI=1S/C24H25N3O2S/c28-21(14-29-20-6-5-18-3-1-2-4-19(18)10-20)25-23-27-26-22(30-23)24-11-15-7-16(12-24)9-17(8-15)13-24/h1-6,10,15-17H,7-9,11-14H2,(H,25,27,28). The molecule has 1 heterocycles. The summed E-state index contributed by atoms with van der Waals surface area (Å²) >= 11 is 1.56. The van der Waals surface area contributed by atoms with Crippen molar-refractivity contribution in [3.63, 3.8) is 0 Å². The molecular formula is C24H25N3O2S. The van der Waals surface area contributed by atoms with Crippen LogP contribution in [0.5, 0.6) is 5.75 Å². The molecular weight excluding hydrogens is 394 g/mol. The minimum atomic E-state index is -0.198. The molecule has 1 N–H and O–H groups in total. The van der Waals surface area contributed by atoms with E-state index in [-0.39, 0.29) is 17.9 Å². The fourth-order valence-corrected chi connectivity index (χ4v) is 7.40. The van der Waals surface area contributed by atoms with Crippen molar-refractivity contribution in [2.75, 3.05) is 11.9 Å². The Bertz CT molecular complexity index is 1070. The van der Waals surface area contributed by atoms with Crippen LogP contribution >= 0.6 is 11.3 Å². The zero-order valence-electron chi connectivity index (χ0n) is 16.8. The van der Waals surface area contributed by atoms with E-state index in [2.05, 4.69) is 21.6 Å². The second kappa shape index (κ2) is 7.05. The summed E-state index contributed by atoms with van der Waals surface area (Å²) in [5.74, 6) is 3.10. The quantitative estimate of drug-likeness (QED) is 0.619. The van der Waals surface area contributed by atoms with Crippen molar-refractivity contribution in [3.8, 4) is 5.75 Å². The number of nitrogens with zero attached hydrogens (tertiary/aromatic N) is 2. The molecule has 0 aliphatic heterocycles. The Morgan fingerprint density at radius 3 is 2.43 bits per heavy atom. The van der Waals surface area contributed by atoms with Crippen LogP contribution in [-0.4, -0.2) is 22.7 Å². The molecule has 0 atom stereocenters. The summed E-state index contributed by atoms with van der Waals surface area (Å²) in [4.78, 5) is 12.4. The van der Waals surface area contributed by atoms with E-state index in [1.54, 1.807) is 11.3 Å². The molecule has 0 unspecified atom stereocenters. The lowest BCUT2D eigenvalue weighted by atomic mass is 9.50. The first-order valence-corrected chi connectivity index (χ1v) is 11.7. The van der Waals surface area contributed by atoms with E-state index >= 15 is 0 Å².